The molecule has 0 aromatic carbocycles. The van der Waals surface area contributed by atoms with Gasteiger partial charge in [0.1, 0.15) is 0 Å². The molecule has 4 aliphatic rings. The molecule has 9 nitrogen and oxygen atoms in total. The van der Waals surface area contributed by atoms with Gasteiger partial charge in [-0.05, 0) is 31.7 Å². The van der Waals surface area contributed by atoms with Crippen molar-refractivity contribution in [1.82, 2.24) is 19.8 Å². The first-order chi connectivity index (χ1) is 20.9. The van der Waals surface area contributed by atoms with Crippen LogP contribution >= 0.6 is 11.6 Å². The van der Waals surface area contributed by atoms with Crippen molar-refractivity contribution < 1.29 is 27.4 Å². The Hall–Kier alpha value is -2.22. The van der Waals surface area contributed by atoms with E-state index in [1.54, 1.807) is 12.4 Å². The molecule has 3 saturated heterocycles. The van der Waals surface area contributed by atoms with Gasteiger partial charge in [0.05, 0.1) is 66.0 Å². The molecule has 0 N–H and O–H groups in total. The molecular weight excluding hydrogens is 613 g/mol. The van der Waals surface area contributed by atoms with Gasteiger partial charge in [-0.2, -0.15) is 13.2 Å². The molecule has 4 atom stereocenters. The summed E-state index contributed by atoms with van der Waals surface area (Å²) < 4.78 is 55.1. The Balaban J connectivity index is 1.14. The third-order valence-electron chi connectivity index (χ3n) is 8.91. The minimum absolute atomic E-state index is 0.0372. The molecule has 1 aromatic rings. The molecule has 5 rings (SSSR count). The van der Waals surface area contributed by atoms with Crippen molar-refractivity contribution in [1.29, 1.82) is 0 Å². The van der Waals surface area contributed by atoms with Crippen LogP contribution in [0.25, 0.3) is 0 Å². The van der Waals surface area contributed by atoms with E-state index in [2.05, 4.69) is 34.6 Å². The number of rotatable bonds is 10. The molecular formula is C30H44ClF3N6O3Si. The van der Waals surface area contributed by atoms with Gasteiger partial charge < -0.3 is 24.2 Å². The Bertz CT molecular complexity index is 1200. The number of carbonyl (C=O) groups excluding carboxylic acids is 1. The second-order valence-corrected chi connectivity index (χ2v) is 19.5. The van der Waals surface area contributed by atoms with Gasteiger partial charge in [-0.25, -0.2) is 9.97 Å². The second-order valence-electron chi connectivity index (χ2n) is 13.4. The summed E-state index contributed by atoms with van der Waals surface area (Å²) in [7, 11) is -1.28. The molecule has 1 amide bonds. The first-order valence-corrected chi connectivity index (χ1v) is 19.8. The number of anilines is 1. The van der Waals surface area contributed by atoms with Crippen LogP contribution in [-0.4, -0.2) is 116 Å². The fourth-order valence-corrected chi connectivity index (χ4v) is 7.30. The van der Waals surface area contributed by atoms with Crippen LogP contribution in [0.15, 0.2) is 28.7 Å². The number of alkyl halides is 3. The normalized spacial score (nSPS) is 26.7. The van der Waals surface area contributed by atoms with Gasteiger partial charge >= 0.3 is 6.18 Å². The van der Waals surface area contributed by atoms with Crippen LogP contribution in [0, 0.1) is 0 Å². The van der Waals surface area contributed by atoms with Crippen LogP contribution in [0.3, 0.4) is 0 Å². The smallest absolute Gasteiger partial charge is 0.380 e. The zero-order valence-corrected chi connectivity index (χ0v) is 27.6. The number of carbonyl (C=O) groups is 1. The molecule has 5 heterocycles. The molecule has 4 aliphatic heterocycles. The number of halogens is 4. The van der Waals surface area contributed by atoms with Crippen molar-refractivity contribution in [2.45, 2.75) is 94.7 Å². The average Bonchev–Trinajstić information content (AvgIpc) is 3.65. The van der Waals surface area contributed by atoms with Crippen LogP contribution in [0.2, 0.25) is 30.7 Å². The van der Waals surface area contributed by atoms with E-state index in [0.717, 1.165) is 31.7 Å². The third-order valence-corrected chi connectivity index (χ3v) is 10.8. The molecule has 0 radical (unpaired) electrons. The summed E-state index contributed by atoms with van der Waals surface area (Å²) in [5.41, 5.74) is -0.352. The van der Waals surface area contributed by atoms with Crippen LogP contribution in [0.1, 0.15) is 38.5 Å². The number of aliphatic imine (C=N–C) groups is 1. The summed E-state index contributed by atoms with van der Waals surface area (Å²) in [4.78, 5) is 31.9. The maximum atomic E-state index is 14.3. The molecule has 44 heavy (non-hydrogen) atoms. The Morgan fingerprint density at radius 3 is 2.50 bits per heavy atom. The first-order valence-electron chi connectivity index (χ1n) is 15.7. The first kappa shape index (κ1) is 33.1. The fraction of sp³-hybridized carbons (Fsp3) is 0.733. The Morgan fingerprint density at radius 1 is 1.09 bits per heavy atom. The topological polar surface area (TPSA) is 83.4 Å². The van der Waals surface area contributed by atoms with Crippen molar-refractivity contribution in [3.63, 3.8) is 0 Å². The number of amides is 1. The van der Waals surface area contributed by atoms with Crippen molar-refractivity contribution in [2.24, 2.45) is 4.99 Å². The maximum Gasteiger partial charge on any atom is 0.414 e. The van der Waals surface area contributed by atoms with E-state index in [1.807, 2.05) is 14.7 Å². The summed E-state index contributed by atoms with van der Waals surface area (Å²) in [6.07, 6.45) is 2.74. The molecule has 0 spiro atoms. The number of hydrogen-bond donors (Lipinski definition) is 0. The van der Waals surface area contributed by atoms with E-state index in [9.17, 15) is 18.0 Å². The van der Waals surface area contributed by atoms with E-state index in [1.165, 1.54) is 6.21 Å². The standard InChI is InChI=1S/C30H44ClF3N6O3Si/c1-44(2,3)14-13-42-20-22-15-24(30(32,33)34)26(19-35-22)40-8-4-5-25(40)27-7-6-23(43-27)16-28(41)38-9-11-39(12-10-38)29-36-17-21(31)18-37-29/h17-19,22-23,25,27H,4-16,20H2,1-3H3/t22?,23?,25-,27?/m0/s1. The minimum atomic E-state index is -4.44. The van der Waals surface area contributed by atoms with Crippen LogP contribution in [-0.2, 0) is 14.3 Å². The number of aromatic nitrogens is 2. The number of dihydropyridines is 1. The lowest BCUT2D eigenvalue weighted by molar-refractivity contribution is -0.134. The Morgan fingerprint density at radius 2 is 1.82 bits per heavy atom. The van der Waals surface area contributed by atoms with Crippen molar-refractivity contribution >= 4 is 37.7 Å². The van der Waals surface area contributed by atoms with E-state index >= 15 is 0 Å². The minimum Gasteiger partial charge on any atom is -0.380 e. The molecule has 244 valence electrons. The van der Waals surface area contributed by atoms with E-state index in [-0.39, 0.29) is 49.3 Å². The Kier molecular flexibility index (Phi) is 10.6. The summed E-state index contributed by atoms with van der Waals surface area (Å²) in [6, 6.07) is 0.273. The van der Waals surface area contributed by atoms with Gasteiger partial charge in [0.25, 0.3) is 0 Å². The summed E-state index contributed by atoms with van der Waals surface area (Å²) in [5.74, 6) is 0.632. The molecule has 0 bridgehead atoms. The predicted octanol–water partition coefficient (Wildman–Crippen LogP) is 5.20. The van der Waals surface area contributed by atoms with Crippen molar-refractivity contribution in [2.75, 3.05) is 50.8 Å². The summed E-state index contributed by atoms with van der Waals surface area (Å²) in [6.45, 7) is 10.4. The van der Waals surface area contributed by atoms with E-state index < -0.39 is 25.9 Å². The maximum absolute atomic E-state index is 14.3. The quantitative estimate of drug-likeness (QED) is 0.253. The summed E-state index contributed by atoms with van der Waals surface area (Å²) in [5, 5.41) is 0.477. The average molecular weight is 657 g/mol. The molecule has 0 saturated carbocycles. The number of ether oxygens (including phenoxy) is 2. The highest BCUT2D eigenvalue weighted by molar-refractivity contribution is 6.76. The monoisotopic (exact) mass is 656 g/mol. The van der Waals surface area contributed by atoms with Gasteiger partial charge in [0.2, 0.25) is 11.9 Å². The number of piperazine rings is 1. The van der Waals surface area contributed by atoms with E-state index in [0.29, 0.717) is 50.3 Å². The zero-order chi connectivity index (χ0) is 31.5. The molecule has 3 fully saturated rings. The highest BCUT2D eigenvalue weighted by Gasteiger charge is 2.45. The molecule has 14 heteroatoms. The van der Waals surface area contributed by atoms with Gasteiger partial charge in [0, 0.05) is 60.0 Å². The largest absolute Gasteiger partial charge is 0.414 e. The number of allylic oxidation sites excluding steroid dienone is 1. The summed E-state index contributed by atoms with van der Waals surface area (Å²) >= 11 is 5.89. The predicted molar refractivity (Wildman–Crippen MR) is 167 cm³/mol. The van der Waals surface area contributed by atoms with Crippen LogP contribution in [0.4, 0.5) is 19.1 Å². The third kappa shape index (κ3) is 8.52. The van der Waals surface area contributed by atoms with E-state index in [4.69, 9.17) is 21.1 Å². The molecule has 3 unspecified atom stereocenters. The number of likely N-dealkylation sites (tertiary alicyclic amines) is 1. The van der Waals surface area contributed by atoms with Gasteiger partial charge in [-0.15, -0.1) is 0 Å². The van der Waals surface area contributed by atoms with Crippen molar-refractivity contribution in [3.8, 4) is 0 Å². The zero-order valence-electron chi connectivity index (χ0n) is 25.9. The Labute approximate surface area is 263 Å². The number of hydrogen-bond acceptors (Lipinski definition) is 8. The lowest BCUT2D eigenvalue weighted by Crippen LogP contribution is -2.49. The molecule has 1 aromatic heterocycles. The lowest BCUT2D eigenvalue weighted by Gasteiger charge is -2.36. The van der Waals surface area contributed by atoms with Crippen molar-refractivity contribution in [3.05, 3.63) is 28.7 Å². The van der Waals surface area contributed by atoms with Gasteiger partial charge in [-0.3, -0.25) is 9.79 Å². The van der Waals surface area contributed by atoms with Gasteiger partial charge in [-0.1, -0.05) is 31.2 Å². The highest BCUT2D eigenvalue weighted by Crippen LogP contribution is 2.40. The van der Waals surface area contributed by atoms with Crippen LogP contribution in [0.5, 0.6) is 0 Å². The SMILES string of the molecule is C[Si](C)(C)CCOCC1CC(C(F)(F)F)=C(N2CCC[C@H]2C2CCC(CC(=O)N3CCN(c4ncc(Cl)cn4)CC3)O2)C=N1. The van der Waals surface area contributed by atoms with Gasteiger partial charge in [0.15, 0.2) is 0 Å². The molecule has 0 aliphatic carbocycles. The lowest BCUT2D eigenvalue weighted by atomic mass is 9.99. The van der Waals surface area contributed by atoms with Crippen LogP contribution < -0.4 is 4.90 Å². The second kappa shape index (κ2) is 14.0. The fourth-order valence-electron chi connectivity index (χ4n) is 6.45. The number of nitrogens with zero attached hydrogens (tertiary/aromatic N) is 6. The highest BCUT2D eigenvalue weighted by atomic mass is 35.5.